The topological polar surface area (TPSA) is 9.86 Å². The van der Waals surface area contributed by atoms with Gasteiger partial charge in [0, 0.05) is 32.9 Å². The summed E-state index contributed by atoms with van der Waals surface area (Å²) in [6, 6.07) is 70.4. The molecule has 50 heavy (non-hydrogen) atoms. The molecule has 0 spiro atoms. The average molecular weight is 637 g/mol. The summed E-state index contributed by atoms with van der Waals surface area (Å²) >= 11 is 0. The van der Waals surface area contributed by atoms with Crippen LogP contribution in [-0.2, 0) is 0 Å². The molecular weight excluding hydrogens is 605 g/mol. The number of benzene rings is 8. The Labute approximate surface area is 290 Å². The van der Waals surface area contributed by atoms with Crippen molar-refractivity contribution in [3.05, 3.63) is 194 Å². The van der Waals surface area contributed by atoms with Crippen LogP contribution in [0.15, 0.2) is 194 Å². The number of hydrogen-bond donors (Lipinski definition) is 0. The third kappa shape index (κ3) is 4.50. The van der Waals surface area contributed by atoms with E-state index < -0.39 is 0 Å². The molecule has 0 saturated heterocycles. The fourth-order valence-electron chi connectivity index (χ4n) is 7.84. The molecule has 0 amide bonds. The summed E-state index contributed by atoms with van der Waals surface area (Å²) in [6.45, 7) is 0. The Kier molecular flexibility index (Phi) is 6.53. The normalized spacial score (nSPS) is 11.6. The molecule has 0 N–H and O–H groups in total. The molecule has 0 atom stereocenters. The minimum atomic E-state index is 1.16. The lowest BCUT2D eigenvalue weighted by Gasteiger charge is -2.13. The summed E-state index contributed by atoms with van der Waals surface area (Å²) in [7, 11) is 0. The van der Waals surface area contributed by atoms with Gasteiger partial charge in [-0.1, -0.05) is 133 Å². The number of para-hydroxylation sites is 3. The number of hydrogen-bond acceptors (Lipinski definition) is 0. The first-order valence-electron chi connectivity index (χ1n) is 17.2. The van der Waals surface area contributed by atoms with Gasteiger partial charge in [-0.3, -0.25) is 0 Å². The highest BCUT2D eigenvalue weighted by Crippen LogP contribution is 2.40. The minimum absolute atomic E-state index is 1.16. The first kappa shape index (κ1) is 28.4. The van der Waals surface area contributed by atoms with Crippen molar-refractivity contribution in [2.45, 2.75) is 0 Å². The predicted molar refractivity (Wildman–Crippen MR) is 211 cm³/mol. The zero-order chi connectivity index (χ0) is 33.0. The first-order chi connectivity index (χ1) is 24.8. The van der Waals surface area contributed by atoms with Gasteiger partial charge in [0.2, 0.25) is 0 Å². The van der Waals surface area contributed by atoms with E-state index in [1.165, 1.54) is 77.0 Å². The molecule has 0 fully saturated rings. The molecule has 2 aromatic heterocycles. The fourth-order valence-corrected chi connectivity index (χ4v) is 7.84. The predicted octanol–water partition coefficient (Wildman–Crippen LogP) is 12.9. The summed E-state index contributed by atoms with van der Waals surface area (Å²) in [4.78, 5) is 0. The van der Waals surface area contributed by atoms with Gasteiger partial charge < -0.3 is 9.13 Å². The Balaban J connectivity index is 1.22. The van der Waals surface area contributed by atoms with Crippen LogP contribution in [0, 0.1) is 0 Å². The Morgan fingerprint density at radius 3 is 1.36 bits per heavy atom. The Bertz CT molecular complexity index is 2790. The van der Waals surface area contributed by atoms with E-state index in [4.69, 9.17) is 0 Å². The van der Waals surface area contributed by atoms with Gasteiger partial charge in [0.15, 0.2) is 0 Å². The highest BCUT2D eigenvalue weighted by atomic mass is 15.0. The van der Waals surface area contributed by atoms with Crippen LogP contribution in [0.4, 0.5) is 0 Å². The Morgan fingerprint density at radius 2 is 0.700 bits per heavy atom. The molecular formula is C48H32N2. The number of aromatic nitrogens is 2. The highest BCUT2D eigenvalue weighted by Gasteiger charge is 2.18. The van der Waals surface area contributed by atoms with E-state index >= 15 is 0 Å². The van der Waals surface area contributed by atoms with Crippen LogP contribution >= 0.6 is 0 Å². The highest BCUT2D eigenvalue weighted by molar-refractivity contribution is 6.13. The average Bonchev–Trinajstić information content (AvgIpc) is 3.71. The van der Waals surface area contributed by atoms with Gasteiger partial charge in [0.25, 0.3) is 0 Å². The van der Waals surface area contributed by atoms with Gasteiger partial charge in [-0.15, -0.1) is 0 Å². The van der Waals surface area contributed by atoms with Crippen molar-refractivity contribution in [1.29, 1.82) is 0 Å². The maximum absolute atomic E-state index is 2.41. The van der Waals surface area contributed by atoms with Crippen molar-refractivity contribution in [2.75, 3.05) is 0 Å². The summed E-state index contributed by atoms with van der Waals surface area (Å²) in [5.74, 6) is 0. The monoisotopic (exact) mass is 636 g/mol. The Hall–Kier alpha value is -6.64. The van der Waals surface area contributed by atoms with E-state index in [9.17, 15) is 0 Å². The number of rotatable bonds is 5. The SMILES string of the molecule is c1ccc(-c2ccc(-c3ccc4c(c3)c3cc(-n5c6ccccc6c6ccccc65)ccc3n4-c3ccccc3)cc2-c2ccccc2)cc1. The summed E-state index contributed by atoms with van der Waals surface area (Å²) in [5, 5.41) is 5.00. The van der Waals surface area contributed by atoms with Crippen LogP contribution in [0.1, 0.15) is 0 Å². The maximum atomic E-state index is 2.41. The van der Waals surface area contributed by atoms with Crippen molar-refractivity contribution < 1.29 is 0 Å². The second kappa shape index (κ2) is 11.5. The number of nitrogens with zero attached hydrogens (tertiary/aromatic N) is 2. The van der Waals surface area contributed by atoms with Crippen LogP contribution in [0.5, 0.6) is 0 Å². The molecule has 0 bridgehead atoms. The summed E-state index contributed by atoms with van der Waals surface area (Å²) < 4.78 is 4.81. The summed E-state index contributed by atoms with van der Waals surface area (Å²) in [5.41, 5.74) is 14.4. The third-order valence-corrected chi connectivity index (χ3v) is 10.1. The molecule has 0 saturated carbocycles. The van der Waals surface area contributed by atoms with Crippen LogP contribution in [0.3, 0.4) is 0 Å². The van der Waals surface area contributed by atoms with Crippen LogP contribution in [0.2, 0.25) is 0 Å². The van der Waals surface area contributed by atoms with Crippen LogP contribution in [-0.4, -0.2) is 9.13 Å². The van der Waals surface area contributed by atoms with Crippen molar-refractivity contribution in [3.63, 3.8) is 0 Å². The van der Waals surface area contributed by atoms with Crippen LogP contribution in [0.25, 0.3) is 88.4 Å². The van der Waals surface area contributed by atoms with Gasteiger partial charge in [-0.05, 0) is 94.0 Å². The lowest BCUT2D eigenvalue weighted by atomic mass is 9.91. The molecule has 0 aliphatic carbocycles. The van der Waals surface area contributed by atoms with Gasteiger partial charge in [0.05, 0.1) is 22.1 Å². The van der Waals surface area contributed by atoms with E-state index in [1.54, 1.807) is 0 Å². The summed E-state index contributed by atoms with van der Waals surface area (Å²) in [6.07, 6.45) is 0. The van der Waals surface area contributed by atoms with Gasteiger partial charge in [0.1, 0.15) is 0 Å². The lowest BCUT2D eigenvalue weighted by molar-refractivity contribution is 1.17. The van der Waals surface area contributed by atoms with E-state index in [-0.39, 0.29) is 0 Å². The van der Waals surface area contributed by atoms with Crippen molar-refractivity contribution in [2.24, 2.45) is 0 Å². The zero-order valence-corrected chi connectivity index (χ0v) is 27.4. The molecule has 10 rings (SSSR count). The molecule has 10 aromatic rings. The minimum Gasteiger partial charge on any atom is -0.309 e. The van der Waals surface area contributed by atoms with E-state index in [0.717, 1.165) is 11.4 Å². The molecule has 2 heteroatoms. The molecule has 0 unspecified atom stereocenters. The number of fused-ring (bicyclic) bond motifs is 6. The van der Waals surface area contributed by atoms with Crippen LogP contribution < -0.4 is 0 Å². The molecule has 2 nitrogen and oxygen atoms in total. The quantitative estimate of drug-likeness (QED) is 0.178. The molecule has 8 aromatic carbocycles. The van der Waals surface area contributed by atoms with Crippen molar-refractivity contribution >= 4 is 43.6 Å². The maximum Gasteiger partial charge on any atom is 0.0542 e. The largest absolute Gasteiger partial charge is 0.309 e. The lowest BCUT2D eigenvalue weighted by Crippen LogP contribution is -1.95. The fraction of sp³-hybridized carbons (Fsp3) is 0. The first-order valence-corrected chi connectivity index (χ1v) is 17.2. The smallest absolute Gasteiger partial charge is 0.0542 e. The van der Waals surface area contributed by atoms with Crippen molar-refractivity contribution in [1.82, 2.24) is 9.13 Å². The second-order valence-electron chi connectivity index (χ2n) is 13.0. The molecule has 0 aliphatic rings. The van der Waals surface area contributed by atoms with Gasteiger partial charge >= 0.3 is 0 Å². The molecule has 0 aliphatic heterocycles. The van der Waals surface area contributed by atoms with Gasteiger partial charge in [-0.25, -0.2) is 0 Å². The van der Waals surface area contributed by atoms with E-state index in [2.05, 4.69) is 203 Å². The van der Waals surface area contributed by atoms with E-state index in [1.807, 2.05) is 0 Å². The zero-order valence-electron chi connectivity index (χ0n) is 27.4. The third-order valence-electron chi connectivity index (χ3n) is 10.1. The second-order valence-corrected chi connectivity index (χ2v) is 13.0. The Morgan fingerprint density at radius 1 is 0.240 bits per heavy atom. The standard InChI is InChI=1S/C48H32N2/c1-4-14-33(15-5-1)39-27-24-35(30-42(39)34-16-6-2-7-17-34)36-25-28-47-43(31-36)44-32-38(26-29-48(44)49(47)37-18-8-3-9-19-37)50-45-22-12-10-20-40(45)41-21-11-13-23-46(41)50/h1-32H. The molecule has 2 heterocycles. The van der Waals surface area contributed by atoms with Crippen molar-refractivity contribution in [3.8, 4) is 44.8 Å². The van der Waals surface area contributed by atoms with E-state index in [0.29, 0.717) is 0 Å². The molecule has 234 valence electrons. The molecule has 0 radical (unpaired) electrons. The van der Waals surface area contributed by atoms with Gasteiger partial charge in [-0.2, -0.15) is 0 Å².